The summed E-state index contributed by atoms with van der Waals surface area (Å²) in [5, 5.41) is 13.7. The lowest BCUT2D eigenvalue weighted by Crippen LogP contribution is -2.37. The molecule has 1 saturated carbocycles. The molecule has 0 aromatic carbocycles. The van der Waals surface area contributed by atoms with E-state index in [2.05, 4.69) is 20.8 Å². The Morgan fingerprint density at radius 3 is 2.64 bits per heavy atom. The van der Waals surface area contributed by atoms with E-state index in [1.165, 1.54) is 38.5 Å². The second-order valence-corrected chi connectivity index (χ2v) is 6.28. The Bertz CT molecular complexity index is 480. The molecule has 0 spiro atoms. The standard InChI is InChI=1S/C16H26N4O.ClH/c21-16(15-13-8-5-9-14(13)19-20-15)18-11-10-17-12-6-3-1-2-4-7-12;/h12,17H,1-11H2,(H,18,21)(H,19,20);1H. The van der Waals surface area contributed by atoms with Crippen LogP contribution < -0.4 is 10.6 Å². The van der Waals surface area contributed by atoms with E-state index in [1.54, 1.807) is 0 Å². The first-order valence-corrected chi connectivity index (χ1v) is 8.42. The number of nitrogens with one attached hydrogen (secondary N) is 3. The number of halogens is 1. The van der Waals surface area contributed by atoms with Gasteiger partial charge in [-0.25, -0.2) is 0 Å². The van der Waals surface area contributed by atoms with E-state index in [4.69, 9.17) is 0 Å². The van der Waals surface area contributed by atoms with E-state index in [0.717, 1.165) is 37.1 Å². The van der Waals surface area contributed by atoms with Crippen LogP contribution in [0.5, 0.6) is 0 Å². The van der Waals surface area contributed by atoms with Gasteiger partial charge in [-0.05, 0) is 32.1 Å². The topological polar surface area (TPSA) is 69.8 Å². The van der Waals surface area contributed by atoms with Crippen LogP contribution in [0.25, 0.3) is 0 Å². The van der Waals surface area contributed by atoms with Gasteiger partial charge in [-0.2, -0.15) is 5.10 Å². The van der Waals surface area contributed by atoms with Crippen LogP contribution in [0.1, 0.15) is 66.7 Å². The van der Waals surface area contributed by atoms with Crippen molar-refractivity contribution in [3.8, 4) is 0 Å². The third-order valence-corrected chi connectivity index (χ3v) is 4.72. The number of amides is 1. The fourth-order valence-corrected chi connectivity index (χ4v) is 3.53. The maximum atomic E-state index is 12.2. The average Bonchev–Trinajstić information content (AvgIpc) is 3.00. The number of aryl methyl sites for hydroxylation is 1. The molecule has 3 N–H and O–H groups in total. The lowest BCUT2D eigenvalue weighted by atomic mass is 10.1. The van der Waals surface area contributed by atoms with Gasteiger partial charge in [0.15, 0.2) is 5.69 Å². The fraction of sp³-hybridized carbons (Fsp3) is 0.750. The fourth-order valence-electron chi connectivity index (χ4n) is 3.53. The van der Waals surface area contributed by atoms with E-state index in [9.17, 15) is 4.79 Å². The van der Waals surface area contributed by atoms with Gasteiger partial charge in [0.1, 0.15) is 0 Å². The molecule has 1 amide bonds. The number of hydrogen-bond donors (Lipinski definition) is 3. The number of carbonyl (C=O) groups excluding carboxylic acids is 1. The SMILES string of the molecule is Cl.O=C(NCCNC1CCCCCC1)c1n[nH]c2c1CCC2. The first-order valence-electron chi connectivity index (χ1n) is 8.42. The van der Waals surface area contributed by atoms with Crippen molar-refractivity contribution in [3.05, 3.63) is 17.0 Å². The minimum atomic E-state index is -0.0305. The summed E-state index contributed by atoms with van der Waals surface area (Å²) >= 11 is 0. The predicted molar refractivity (Wildman–Crippen MR) is 89.7 cm³/mol. The Morgan fingerprint density at radius 2 is 1.86 bits per heavy atom. The average molecular weight is 327 g/mol. The molecular weight excluding hydrogens is 300 g/mol. The summed E-state index contributed by atoms with van der Waals surface area (Å²) in [6, 6.07) is 0.638. The van der Waals surface area contributed by atoms with Crippen molar-refractivity contribution in [2.45, 2.75) is 63.8 Å². The van der Waals surface area contributed by atoms with Crippen molar-refractivity contribution in [2.24, 2.45) is 0 Å². The Balaban J connectivity index is 0.00000176. The van der Waals surface area contributed by atoms with Crippen molar-refractivity contribution in [3.63, 3.8) is 0 Å². The van der Waals surface area contributed by atoms with Crippen LogP contribution in [0.4, 0.5) is 0 Å². The molecule has 2 aliphatic carbocycles. The Kier molecular flexibility index (Phi) is 6.70. The second-order valence-electron chi connectivity index (χ2n) is 6.28. The summed E-state index contributed by atoms with van der Waals surface area (Å²) < 4.78 is 0. The summed E-state index contributed by atoms with van der Waals surface area (Å²) in [6.07, 6.45) is 11.1. The molecule has 0 radical (unpaired) electrons. The summed E-state index contributed by atoms with van der Waals surface area (Å²) in [4.78, 5) is 12.2. The molecule has 22 heavy (non-hydrogen) atoms. The number of rotatable bonds is 5. The molecular formula is C16H27ClN4O. The molecule has 5 nitrogen and oxygen atoms in total. The zero-order valence-electron chi connectivity index (χ0n) is 13.1. The zero-order valence-corrected chi connectivity index (χ0v) is 13.9. The van der Waals surface area contributed by atoms with Gasteiger partial charge in [-0.15, -0.1) is 12.4 Å². The van der Waals surface area contributed by atoms with Gasteiger partial charge in [0.25, 0.3) is 5.91 Å². The Labute approximate surface area is 138 Å². The maximum absolute atomic E-state index is 12.2. The molecule has 1 fully saturated rings. The van der Waals surface area contributed by atoms with Crippen LogP contribution in [0.15, 0.2) is 0 Å². The smallest absolute Gasteiger partial charge is 0.272 e. The minimum absolute atomic E-state index is 0. The summed E-state index contributed by atoms with van der Waals surface area (Å²) in [6.45, 7) is 1.53. The molecule has 124 valence electrons. The maximum Gasteiger partial charge on any atom is 0.272 e. The normalized spacial score (nSPS) is 18.4. The molecule has 1 aromatic rings. The van der Waals surface area contributed by atoms with Gasteiger partial charge in [0, 0.05) is 30.4 Å². The molecule has 0 bridgehead atoms. The minimum Gasteiger partial charge on any atom is -0.349 e. The molecule has 1 heterocycles. The van der Waals surface area contributed by atoms with Gasteiger partial charge in [-0.1, -0.05) is 25.7 Å². The lowest BCUT2D eigenvalue weighted by molar-refractivity contribution is 0.0947. The molecule has 0 atom stereocenters. The van der Waals surface area contributed by atoms with Crippen LogP contribution >= 0.6 is 12.4 Å². The van der Waals surface area contributed by atoms with Crippen LogP contribution in [0.3, 0.4) is 0 Å². The van der Waals surface area contributed by atoms with Gasteiger partial charge < -0.3 is 10.6 Å². The summed E-state index contributed by atoms with van der Waals surface area (Å²) in [5.74, 6) is -0.0305. The van der Waals surface area contributed by atoms with Crippen molar-refractivity contribution in [2.75, 3.05) is 13.1 Å². The van der Waals surface area contributed by atoms with E-state index in [1.807, 2.05) is 0 Å². The third-order valence-electron chi connectivity index (χ3n) is 4.72. The molecule has 2 aliphatic rings. The van der Waals surface area contributed by atoms with Gasteiger partial charge in [-0.3, -0.25) is 9.89 Å². The van der Waals surface area contributed by atoms with Crippen LogP contribution in [0.2, 0.25) is 0 Å². The summed E-state index contributed by atoms with van der Waals surface area (Å²) in [5.41, 5.74) is 2.89. The molecule has 0 unspecified atom stereocenters. The molecule has 0 aliphatic heterocycles. The first-order chi connectivity index (χ1) is 10.3. The largest absolute Gasteiger partial charge is 0.349 e. The quantitative estimate of drug-likeness (QED) is 0.574. The van der Waals surface area contributed by atoms with Gasteiger partial charge in [0.2, 0.25) is 0 Å². The van der Waals surface area contributed by atoms with E-state index >= 15 is 0 Å². The van der Waals surface area contributed by atoms with Crippen LogP contribution in [0, 0.1) is 0 Å². The van der Waals surface area contributed by atoms with Crippen molar-refractivity contribution >= 4 is 18.3 Å². The highest BCUT2D eigenvalue weighted by Crippen LogP contribution is 2.22. The van der Waals surface area contributed by atoms with Crippen LogP contribution in [-0.2, 0) is 12.8 Å². The molecule has 0 saturated heterocycles. The number of aromatic nitrogens is 2. The van der Waals surface area contributed by atoms with Crippen molar-refractivity contribution in [1.82, 2.24) is 20.8 Å². The van der Waals surface area contributed by atoms with E-state index < -0.39 is 0 Å². The first kappa shape index (κ1) is 17.3. The monoisotopic (exact) mass is 326 g/mol. The molecule has 6 heteroatoms. The number of hydrogen-bond acceptors (Lipinski definition) is 3. The number of carbonyl (C=O) groups is 1. The number of H-pyrrole nitrogens is 1. The van der Waals surface area contributed by atoms with Crippen molar-refractivity contribution in [1.29, 1.82) is 0 Å². The van der Waals surface area contributed by atoms with Gasteiger partial charge >= 0.3 is 0 Å². The molecule has 3 rings (SSSR count). The summed E-state index contributed by atoms with van der Waals surface area (Å²) in [7, 11) is 0. The number of aromatic amines is 1. The van der Waals surface area contributed by atoms with E-state index in [0.29, 0.717) is 18.3 Å². The lowest BCUT2D eigenvalue weighted by Gasteiger charge is -2.16. The van der Waals surface area contributed by atoms with Gasteiger partial charge in [0.05, 0.1) is 0 Å². The molecule has 1 aromatic heterocycles. The Morgan fingerprint density at radius 1 is 1.09 bits per heavy atom. The Hall–Kier alpha value is -1.07. The van der Waals surface area contributed by atoms with Crippen molar-refractivity contribution < 1.29 is 4.79 Å². The highest BCUT2D eigenvalue weighted by atomic mass is 35.5. The predicted octanol–water partition coefficient (Wildman–Crippen LogP) is 2.36. The third kappa shape index (κ3) is 4.23. The zero-order chi connectivity index (χ0) is 14.5. The highest BCUT2D eigenvalue weighted by molar-refractivity contribution is 5.94. The number of nitrogens with zero attached hydrogens (tertiary/aromatic N) is 1. The highest BCUT2D eigenvalue weighted by Gasteiger charge is 2.22. The van der Waals surface area contributed by atoms with E-state index in [-0.39, 0.29) is 18.3 Å². The second kappa shape index (κ2) is 8.53. The number of fused-ring (bicyclic) bond motifs is 1. The van der Waals surface area contributed by atoms with Crippen LogP contribution in [-0.4, -0.2) is 35.2 Å².